The summed E-state index contributed by atoms with van der Waals surface area (Å²) in [4.78, 5) is 2.82. The van der Waals surface area contributed by atoms with Gasteiger partial charge < -0.3 is 5.32 Å². The van der Waals surface area contributed by atoms with Gasteiger partial charge in [-0.1, -0.05) is 47.5 Å². The molecule has 0 aromatic carbocycles. The first-order chi connectivity index (χ1) is 9.04. The molecular weight excluding hydrogens is 232 g/mol. The third-order valence-electron chi connectivity index (χ3n) is 4.24. The topological polar surface area (TPSA) is 15.3 Å². The van der Waals surface area contributed by atoms with E-state index in [2.05, 4.69) is 44.8 Å². The lowest BCUT2D eigenvalue weighted by atomic mass is 10.0. The Morgan fingerprint density at radius 1 is 1.00 bits per heavy atom. The molecule has 0 saturated heterocycles. The molecule has 0 spiro atoms. The van der Waals surface area contributed by atoms with Crippen LogP contribution in [-0.4, -0.2) is 36.6 Å². The van der Waals surface area contributed by atoms with Crippen molar-refractivity contribution >= 4 is 0 Å². The Morgan fingerprint density at radius 3 is 2.11 bits per heavy atom. The molecule has 1 saturated carbocycles. The van der Waals surface area contributed by atoms with Crippen LogP contribution in [0, 0.1) is 11.8 Å². The summed E-state index contributed by atoms with van der Waals surface area (Å²) in [5.74, 6) is 1.53. The van der Waals surface area contributed by atoms with Crippen molar-refractivity contribution < 1.29 is 0 Å². The van der Waals surface area contributed by atoms with Gasteiger partial charge in [0, 0.05) is 25.2 Å². The van der Waals surface area contributed by atoms with Crippen molar-refractivity contribution in [3.05, 3.63) is 0 Å². The standard InChI is InChI=1S/C17H36N2/c1-6-16(12-18-11-14(2)3)19(13-15(4)5)17-9-7-8-10-17/h14-18H,6-13H2,1-5H3. The average Bonchev–Trinajstić information content (AvgIpc) is 2.85. The summed E-state index contributed by atoms with van der Waals surface area (Å²) in [6.07, 6.45) is 7.00. The lowest BCUT2D eigenvalue weighted by Crippen LogP contribution is -2.48. The Morgan fingerprint density at radius 2 is 1.63 bits per heavy atom. The van der Waals surface area contributed by atoms with Gasteiger partial charge in [0.2, 0.25) is 0 Å². The van der Waals surface area contributed by atoms with E-state index in [0.717, 1.165) is 37.0 Å². The van der Waals surface area contributed by atoms with Gasteiger partial charge in [-0.3, -0.25) is 4.90 Å². The highest BCUT2D eigenvalue weighted by molar-refractivity contribution is 4.84. The Kier molecular flexibility index (Phi) is 8.01. The van der Waals surface area contributed by atoms with E-state index in [1.165, 1.54) is 38.6 Å². The summed E-state index contributed by atoms with van der Waals surface area (Å²) in [6, 6.07) is 1.58. The van der Waals surface area contributed by atoms with E-state index < -0.39 is 0 Å². The van der Waals surface area contributed by atoms with Crippen LogP contribution in [0.25, 0.3) is 0 Å². The van der Waals surface area contributed by atoms with Gasteiger partial charge in [-0.25, -0.2) is 0 Å². The predicted molar refractivity (Wildman–Crippen MR) is 85.6 cm³/mol. The van der Waals surface area contributed by atoms with Crippen LogP contribution in [-0.2, 0) is 0 Å². The van der Waals surface area contributed by atoms with E-state index in [4.69, 9.17) is 0 Å². The van der Waals surface area contributed by atoms with Gasteiger partial charge in [0.1, 0.15) is 0 Å². The van der Waals surface area contributed by atoms with Crippen molar-refractivity contribution in [2.24, 2.45) is 11.8 Å². The number of nitrogens with zero attached hydrogens (tertiary/aromatic N) is 1. The molecule has 1 fully saturated rings. The predicted octanol–water partition coefficient (Wildman–Crippen LogP) is 3.91. The second-order valence-electron chi connectivity index (χ2n) is 7.14. The molecule has 1 aliphatic rings. The Bertz CT molecular complexity index is 219. The molecule has 0 aromatic rings. The molecule has 1 unspecified atom stereocenters. The quantitative estimate of drug-likeness (QED) is 0.682. The van der Waals surface area contributed by atoms with Gasteiger partial charge in [-0.2, -0.15) is 0 Å². The molecule has 0 heterocycles. The molecule has 2 nitrogen and oxygen atoms in total. The second-order valence-corrected chi connectivity index (χ2v) is 7.14. The Labute approximate surface area is 121 Å². The molecule has 114 valence electrons. The minimum Gasteiger partial charge on any atom is -0.315 e. The number of hydrogen-bond donors (Lipinski definition) is 1. The van der Waals surface area contributed by atoms with Gasteiger partial charge in [0.25, 0.3) is 0 Å². The summed E-state index contributed by atoms with van der Waals surface area (Å²) in [5, 5.41) is 3.67. The van der Waals surface area contributed by atoms with Crippen molar-refractivity contribution in [2.75, 3.05) is 19.6 Å². The first kappa shape index (κ1) is 17.0. The molecule has 1 atom stereocenters. The van der Waals surface area contributed by atoms with Crippen LogP contribution in [0.15, 0.2) is 0 Å². The fourth-order valence-corrected chi connectivity index (χ4v) is 3.29. The summed E-state index contributed by atoms with van der Waals surface area (Å²) in [6.45, 7) is 15.2. The maximum atomic E-state index is 3.67. The van der Waals surface area contributed by atoms with E-state index in [1.807, 2.05) is 0 Å². The normalized spacial score (nSPS) is 18.9. The first-order valence-corrected chi connectivity index (χ1v) is 8.51. The molecule has 1 rings (SSSR count). The van der Waals surface area contributed by atoms with Crippen LogP contribution in [0.5, 0.6) is 0 Å². The van der Waals surface area contributed by atoms with Crippen molar-refractivity contribution in [1.29, 1.82) is 0 Å². The molecule has 1 N–H and O–H groups in total. The van der Waals surface area contributed by atoms with Crippen molar-refractivity contribution in [3.63, 3.8) is 0 Å². The van der Waals surface area contributed by atoms with E-state index >= 15 is 0 Å². The zero-order chi connectivity index (χ0) is 14.3. The fraction of sp³-hybridized carbons (Fsp3) is 1.00. The zero-order valence-electron chi connectivity index (χ0n) is 13.9. The van der Waals surface area contributed by atoms with Crippen LogP contribution in [0.1, 0.15) is 66.7 Å². The van der Waals surface area contributed by atoms with Crippen LogP contribution >= 0.6 is 0 Å². The van der Waals surface area contributed by atoms with E-state index in [1.54, 1.807) is 0 Å². The monoisotopic (exact) mass is 268 g/mol. The number of rotatable bonds is 9. The van der Waals surface area contributed by atoms with E-state index in [0.29, 0.717) is 0 Å². The van der Waals surface area contributed by atoms with Crippen molar-refractivity contribution in [2.45, 2.75) is 78.8 Å². The summed E-state index contributed by atoms with van der Waals surface area (Å²) < 4.78 is 0. The third kappa shape index (κ3) is 6.27. The Balaban J connectivity index is 2.52. The lowest BCUT2D eigenvalue weighted by Gasteiger charge is -2.37. The molecule has 0 aliphatic heterocycles. The van der Waals surface area contributed by atoms with Gasteiger partial charge in [-0.15, -0.1) is 0 Å². The molecule has 1 aliphatic carbocycles. The lowest BCUT2D eigenvalue weighted by molar-refractivity contribution is 0.112. The average molecular weight is 268 g/mol. The molecule has 0 bridgehead atoms. The molecule has 0 amide bonds. The minimum absolute atomic E-state index is 0.726. The summed E-state index contributed by atoms with van der Waals surface area (Å²) >= 11 is 0. The van der Waals surface area contributed by atoms with Crippen molar-refractivity contribution in [1.82, 2.24) is 10.2 Å². The van der Waals surface area contributed by atoms with E-state index in [9.17, 15) is 0 Å². The third-order valence-corrected chi connectivity index (χ3v) is 4.24. The molecule has 19 heavy (non-hydrogen) atoms. The first-order valence-electron chi connectivity index (χ1n) is 8.51. The highest BCUT2D eigenvalue weighted by Gasteiger charge is 2.27. The maximum Gasteiger partial charge on any atom is 0.0221 e. The van der Waals surface area contributed by atoms with Gasteiger partial charge in [-0.05, 0) is 37.6 Å². The molecular formula is C17H36N2. The summed E-state index contributed by atoms with van der Waals surface area (Å²) in [5.41, 5.74) is 0. The smallest absolute Gasteiger partial charge is 0.0221 e. The van der Waals surface area contributed by atoms with Crippen molar-refractivity contribution in [3.8, 4) is 0 Å². The fourth-order valence-electron chi connectivity index (χ4n) is 3.29. The zero-order valence-corrected chi connectivity index (χ0v) is 13.9. The molecule has 0 aromatic heterocycles. The van der Waals surface area contributed by atoms with E-state index in [-0.39, 0.29) is 0 Å². The van der Waals surface area contributed by atoms with Crippen LogP contribution in [0.3, 0.4) is 0 Å². The van der Waals surface area contributed by atoms with Gasteiger partial charge >= 0.3 is 0 Å². The maximum absolute atomic E-state index is 3.67. The molecule has 0 radical (unpaired) electrons. The highest BCUT2D eigenvalue weighted by Crippen LogP contribution is 2.26. The van der Waals surface area contributed by atoms with Crippen LogP contribution < -0.4 is 5.32 Å². The SMILES string of the molecule is CCC(CNCC(C)C)N(CC(C)C)C1CCCC1. The van der Waals surface area contributed by atoms with Gasteiger partial charge in [0.05, 0.1) is 0 Å². The van der Waals surface area contributed by atoms with Crippen LogP contribution in [0.2, 0.25) is 0 Å². The highest BCUT2D eigenvalue weighted by atomic mass is 15.2. The molecule has 2 heteroatoms. The number of nitrogens with one attached hydrogen (secondary N) is 1. The largest absolute Gasteiger partial charge is 0.315 e. The summed E-state index contributed by atoms with van der Waals surface area (Å²) in [7, 11) is 0. The van der Waals surface area contributed by atoms with Crippen LogP contribution in [0.4, 0.5) is 0 Å². The minimum atomic E-state index is 0.726. The second kappa shape index (κ2) is 8.97. The van der Waals surface area contributed by atoms with Gasteiger partial charge in [0.15, 0.2) is 0 Å². The number of hydrogen-bond acceptors (Lipinski definition) is 2. The Hall–Kier alpha value is -0.0800.